The van der Waals surface area contributed by atoms with Crippen molar-refractivity contribution in [3.05, 3.63) is 99.0 Å². The van der Waals surface area contributed by atoms with Crippen molar-refractivity contribution in [1.29, 1.82) is 0 Å². The van der Waals surface area contributed by atoms with Crippen LogP contribution in [0.25, 0.3) is 0 Å². The predicted octanol–water partition coefficient (Wildman–Crippen LogP) is 5.67. The molecule has 1 heterocycles. The van der Waals surface area contributed by atoms with Crippen molar-refractivity contribution in [3.8, 4) is 0 Å². The molecule has 1 aliphatic rings. The van der Waals surface area contributed by atoms with Gasteiger partial charge in [-0.25, -0.2) is 4.99 Å². The van der Waals surface area contributed by atoms with Crippen LogP contribution in [-0.2, 0) is 12.3 Å². The maximum Gasteiger partial charge on any atom is 0.196 e. The number of fused-ring (bicyclic) bond motifs is 1. The standard InChI is InChI=1S/C22H18Cl2N2O/c1-15-6-8-16(9-7-15)13-26-14-25-21-11-10-17(23)12-19(21)22(26,27)18-4-2-3-5-20(18)24/h2-12,14,27H,13H2,1H3. The second kappa shape index (κ2) is 7.01. The number of aliphatic hydroxyl groups is 1. The lowest BCUT2D eigenvalue weighted by atomic mass is 9.90. The number of aryl methyl sites for hydroxylation is 1. The van der Waals surface area contributed by atoms with E-state index in [0.717, 1.165) is 5.56 Å². The first kappa shape index (κ1) is 18.1. The topological polar surface area (TPSA) is 35.8 Å². The Labute approximate surface area is 168 Å². The molecular weight excluding hydrogens is 379 g/mol. The smallest absolute Gasteiger partial charge is 0.196 e. The maximum atomic E-state index is 12.0. The first-order valence-corrected chi connectivity index (χ1v) is 9.38. The van der Waals surface area contributed by atoms with Crippen LogP contribution in [0, 0.1) is 6.92 Å². The normalized spacial score (nSPS) is 18.4. The number of hydrogen-bond acceptors (Lipinski definition) is 3. The Hall–Kier alpha value is -2.33. The molecule has 0 fully saturated rings. The van der Waals surface area contributed by atoms with Crippen molar-refractivity contribution in [2.24, 2.45) is 4.99 Å². The van der Waals surface area contributed by atoms with E-state index in [1.54, 1.807) is 35.5 Å². The summed E-state index contributed by atoms with van der Waals surface area (Å²) in [6.45, 7) is 2.52. The zero-order chi connectivity index (χ0) is 19.0. The number of aliphatic imine (C=N–C) groups is 1. The predicted molar refractivity (Wildman–Crippen MR) is 111 cm³/mol. The summed E-state index contributed by atoms with van der Waals surface area (Å²) < 4.78 is 0. The van der Waals surface area contributed by atoms with Crippen LogP contribution in [0.3, 0.4) is 0 Å². The number of nitrogens with zero attached hydrogens (tertiary/aromatic N) is 2. The minimum absolute atomic E-state index is 0.470. The lowest BCUT2D eigenvalue weighted by molar-refractivity contribution is -0.0408. The van der Waals surface area contributed by atoms with E-state index >= 15 is 0 Å². The van der Waals surface area contributed by atoms with Crippen molar-refractivity contribution >= 4 is 35.2 Å². The average Bonchev–Trinajstić information content (AvgIpc) is 2.66. The second-order valence-electron chi connectivity index (χ2n) is 6.67. The van der Waals surface area contributed by atoms with Crippen molar-refractivity contribution in [2.45, 2.75) is 19.2 Å². The van der Waals surface area contributed by atoms with Crippen LogP contribution in [0.2, 0.25) is 10.0 Å². The monoisotopic (exact) mass is 396 g/mol. The van der Waals surface area contributed by atoms with E-state index in [1.165, 1.54) is 5.56 Å². The fourth-order valence-electron chi connectivity index (χ4n) is 3.36. The van der Waals surface area contributed by atoms with Gasteiger partial charge in [-0.15, -0.1) is 0 Å². The molecule has 0 bridgehead atoms. The minimum Gasteiger partial charge on any atom is -0.363 e. The summed E-state index contributed by atoms with van der Waals surface area (Å²) in [5.74, 6) is 0. The zero-order valence-electron chi connectivity index (χ0n) is 14.7. The van der Waals surface area contributed by atoms with Crippen LogP contribution in [0.4, 0.5) is 5.69 Å². The summed E-state index contributed by atoms with van der Waals surface area (Å²) in [7, 11) is 0. The second-order valence-corrected chi connectivity index (χ2v) is 7.52. The highest BCUT2D eigenvalue weighted by atomic mass is 35.5. The summed E-state index contributed by atoms with van der Waals surface area (Å²) in [4.78, 5) is 6.31. The van der Waals surface area contributed by atoms with E-state index < -0.39 is 5.72 Å². The van der Waals surface area contributed by atoms with Gasteiger partial charge in [0.2, 0.25) is 0 Å². The summed E-state index contributed by atoms with van der Waals surface area (Å²) in [6.07, 6.45) is 1.67. The fourth-order valence-corrected chi connectivity index (χ4v) is 3.80. The van der Waals surface area contributed by atoms with Gasteiger partial charge in [0, 0.05) is 27.7 Å². The number of hydrogen-bond donors (Lipinski definition) is 1. The molecule has 27 heavy (non-hydrogen) atoms. The molecule has 0 saturated heterocycles. The molecule has 0 saturated carbocycles. The van der Waals surface area contributed by atoms with Crippen LogP contribution >= 0.6 is 23.2 Å². The Bertz CT molecular complexity index is 1020. The van der Waals surface area contributed by atoms with Crippen LogP contribution in [0.5, 0.6) is 0 Å². The Morgan fingerprint density at radius 1 is 0.963 bits per heavy atom. The molecule has 0 radical (unpaired) electrons. The number of benzene rings is 3. The first-order valence-electron chi connectivity index (χ1n) is 8.62. The Kier molecular flexibility index (Phi) is 4.68. The van der Waals surface area contributed by atoms with Crippen LogP contribution in [0.1, 0.15) is 22.3 Å². The average molecular weight is 397 g/mol. The fraction of sp³-hybridized carbons (Fsp3) is 0.136. The van der Waals surface area contributed by atoms with Crippen molar-refractivity contribution < 1.29 is 5.11 Å². The molecule has 3 aromatic carbocycles. The van der Waals surface area contributed by atoms with Crippen LogP contribution in [0.15, 0.2) is 71.7 Å². The highest BCUT2D eigenvalue weighted by Gasteiger charge is 2.42. The van der Waals surface area contributed by atoms with E-state index in [4.69, 9.17) is 23.2 Å². The highest BCUT2D eigenvalue weighted by molar-refractivity contribution is 6.31. The lowest BCUT2D eigenvalue weighted by Crippen LogP contribution is -2.47. The van der Waals surface area contributed by atoms with Gasteiger partial charge in [-0.3, -0.25) is 0 Å². The summed E-state index contributed by atoms with van der Waals surface area (Å²) in [6, 6.07) is 20.8. The molecule has 0 aliphatic carbocycles. The molecule has 4 rings (SSSR count). The SMILES string of the molecule is Cc1ccc(CN2C=Nc3ccc(Cl)cc3C2(O)c2ccccc2Cl)cc1. The minimum atomic E-state index is -1.48. The molecule has 1 atom stereocenters. The van der Waals surface area contributed by atoms with E-state index in [1.807, 2.05) is 37.3 Å². The summed E-state index contributed by atoms with van der Waals surface area (Å²) in [5.41, 5.74) is 2.63. The van der Waals surface area contributed by atoms with Crippen molar-refractivity contribution in [3.63, 3.8) is 0 Å². The number of rotatable bonds is 3. The molecule has 1 unspecified atom stereocenters. The van der Waals surface area contributed by atoms with Gasteiger partial charge in [-0.05, 0) is 36.8 Å². The molecule has 0 spiro atoms. The maximum absolute atomic E-state index is 12.0. The van der Waals surface area contributed by atoms with E-state index in [2.05, 4.69) is 17.1 Å². The Balaban J connectivity index is 1.87. The molecule has 0 aromatic heterocycles. The molecule has 3 nitrogen and oxygen atoms in total. The van der Waals surface area contributed by atoms with E-state index in [-0.39, 0.29) is 0 Å². The van der Waals surface area contributed by atoms with Gasteiger partial charge < -0.3 is 10.0 Å². The third-order valence-corrected chi connectivity index (χ3v) is 5.37. The molecule has 136 valence electrons. The zero-order valence-corrected chi connectivity index (χ0v) is 16.2. The van der Waals surface area contributed by atoms with Crippen molar-refractivity contribution in [1.82, 2.24) is 4.90 Å². The molecule has 1 N–H and O–H groups in total. The van der Waals surface area contributed by atoms with Crippen LogP contribution < -0.4 is 0 Å². The van der Waals surface area contributed by atoms with Gasteiger partial charge in [-0.2, -0.15) is 0 Å². The largest absolute Gasteiger partial charge is 0.363 e. The Morgan fingerprint density at radius 2 is 1.70 bits per heavy atom. The van der Waals surface area contributed by atoms with Gasteiger partial charge in [0.15, 0.2) is 5.72 Å². The van der Waals surface area contributed by atoms with Crippen LogP contribution in [-0.4, -0.2) is 16.3 Å². The van der Waals surface area contributed by atoms with Gasteiger partial charge in [0.1, 0.15) is 0 Å². The molecule has 5 heteroatoms. The Morgan fingerprint density at radius 3 is 2.44 bits per heavy atom. The summed E-state index contributed by atoms with van der Waals surface area (Å²) in [5, 5.41) is 13.0. The molecular formula is C22H18Cl2N2O. The first-order chi connectivity index (χ1) is 13.0. The van der Waals surface area contributed by atoms with E-state index in [9.17, 15) is 5.11 Å². The summed E-state index contributed by atoms with van der Waals surface area (Å²) >= 11 is 12.7. The van der Waals surface area contributed by atoms with Gasteiger partial charge in [-0.1, -0.05) is 71.2 Å². The van der Waals surface area contributed by atoms with Gasteiger partial charge in [0.25, 0.3) is 0 Å². The molecule has 0 amide bonds. The van der Waals surface area contributed by atoms with Gasteiger partial charge in [0.05, 0.1) is 12.0 Å². The van der Waals surface area contributed by atoms with Gasteiger partial charge >= 0.3 is 0 Å². The van der Waals surface area contributed by atoms with Crippen molar-refractivity contribution in [2.75, 3.05) is 0 Å². The number of halogens is 2. The lowest BCUT2D eigenvalue weighted by Gasteiger charge is -2.42. The third-order valence-electron chi connectivity index (χ3n) is 4.81. The third kappa shape index (κ3) is 3.23. The molecule has 1 aliphatic heterocycles. The van der Waals surface area contributed by atoms with E-state index in [0.29, 0.717) is 33.4 Å². The molecule has 3 aromatic rings. The quantitative estimate of drug-likeness (QED) is 0.618. The highest BCUT2D eigenvalue weighted by Crippen LogP contribution is 2.44.